The molecule has 2 aromatic heterocycles. The summed E-state index contributed by atoms with van der Waals surface area (Å²) in [5.74, 6) is -0.749. The van der Waals surface area contributed by atoms with Gasteiger partial charge in [0.15, 0.2) is 0 Å². The molecular formula is C13H14N2O2. The highest BCUT2D eigenvalue weighted by Crippen LogP contribution is 2.65. The van der Waals surface area contributed by atoms with Crippen molar-refractivity contribution < 1.29 is 9.90 Å². The van der Waals surface area contributed by atoms with E-state index in [1.54, 1.807) is 10.7 Å². The molecule has 0 spiro atoms. The third-order valence-electron chi connectivity index (χ3n) is 3.99. The van der Waals surface area contributed by atoms with E-state index in [0.29, 0.717) is 6.42 Å². The molecule has 88 valence electrons. The highest BCUT2D eigenvalue weighted by molar-refractivity contribution is 5.90. The number of hydrogen-bond donors (Lipinski definition) is 1. The van der Waals surface area contributed by atoms with Gasteiger partial charge in [0.1, 0.15) is 5.41 Å². The molecule has 1 fully saturated rings. The maximum Gasteiger partial charge on any atom is 0.314 e. The number of aliphatic carboxylic acids is 1. The number of carboxylic acids is 1. The van der Waals surface area contributed by atoms with Crippen LogP contribution in [0.25, 0.3) is 5.52 Å². The number of fused-ring (bicyclic) bond motifs is 1. The molecule has 0 saturated heterocycles. The van der Waals surface area contributed by atoms with Crippen LogP contribution in [-0.2, 0) is 10.2 Å². The predicted octanol–water partition coefficient (Wildman–Crippen LogP) is 2.09. The first-order valence-corrected chi connectivity index (χ1v) is 5.65. The smallest absolute Gasteiger partial charge is 0.314 e. The normalized spacial score (nSPS) is 26.0. The van der Waals surface area contributed by atoms with Crippen molar-refractivity contribution in [3.05, 3.63) is 36.2 Å². The van der Waals surface area contributed by atoms with Crippen molar-refractivity contribution in [2.24, 2.45) is 5.41 Å². The SMILES string of the molecule is CC1(C)CC1(C(=O)O)c1cnn2ccccc12. The Labute approximate surface area is 98.9 Å². The summed E-state index contributed by atoms with van der Waals surface area (Å²) in [5, 5.41) is 13.8. The first-order valence-electron chi connectivity index (χ1n) is 5.65. The molecule has 0 radical (unpaired) electrons. The second-order valence-electron chi connectivity index (χ2n) is 5.36. The van der Waals surface area contributed by atoms with Gasteiger partial charge in [-0.05, 0) is 24.0 Å². The van der Waals surface area contributed by atoms with Crippen LogP contribution in [-0.4, -0.2) is 20.7 Å². The van der Waals surface area contributed by atoms with Crippen molar-refractivity contribution in [2.45, 2.75) is 25.7 Å². The zero-order valence-electron chi connectivity index (χ0n) is 9.84. The minimum atomic E-state index is -0.768. The Hall–Kier alpha value is -1.84. The van der Waals surface area contributed by atoms with Crippen molar-refractivity contribution in [1.29, 1.82) is 0 Å². The Kier molecular flexibility index (Phi) is 1.75. The van der Waals surface area contributed by atoms with Crippen LogP contribution in [0.4, 0.5) is 0 Å². The number of aromatic nitrogens is 2. The Morgan fingerprint density at radius 2 is 2.18 bits per heavy atom. The van der Waals surface area contributed by atoms with Gasteiger partial charge in [0, 0.05) is 11.8 Å². The first-order chi connectivity index (χ1) is 7.99. The third-order valence-corrected chi connectivity index (χ3v) is 3.99. The summed E-state index contributed by atoms with van der Waals surface area (Å²) in [6.07, 6.45) is 4.20. The lowest BCUT2D eigenvalue weighted by molar-refractivity contribution is -0.141. The first kappa shape index (κ1) is 10.3. The van der Waals surface area contributed by atoms with Crippen molar-refractivity contribution in [1.82, 2.24) is 9.61 Å². The predicted molar refractivity (Wildman–Crippen MR) is 62.9 cm³/mol. The molecule has 3 rings (SSSR count). The standard InChI is InChI=1S/C13H14N2O2/c1-12(2)8-13(12,11(16)17)9-7-14-15-6-4-3-5-10(9)15/h3-7H,8H2,1-2H3,(H,16,17). The maximum atomic E-state index is 11.6. The number of carbonyl (C=O) groups is 1. The van der Waals surface area contributed by atoms with E-state index in [-0.39, 0.29) is 5.41 Å². The summed E-state index contributed by atoms with van der Waals surface area (Å²) in [7, 11) is 0. The summed E-state index contributed by atoms with van der Waals surface area (Å²) in [6, 6.07) is 5.71. The molecule has 2 aromatic rings. The lowest BCUT2D eigenvalue weighted by atomic mass is 9.89. The zero-order valence-corrected chi connectivity index (χ0v) is 9.84. The van der Waals surface area contributed by atoms with Gasteiger partial charge in [0.2, 0.25) is 0 Å². The van der Waals surface area contributed by atoms with Crippen LogP contribution in [0.5, 0.6) is 0 Å². The number of hydrogen-bond acceptors (Lipinski definition) is 2. The number of carboxylic acid groups (broad SMARTS) is 1. The summed E-state index contributed by atoms with van der Waals surface area (Å²) < 4.78 is 1.73. The van der Waals surface area contributed by atoms with Crippen LogP contribution < -0.4 is 0 Å². The van der Waals surface area contributed by atoms with Gasteiger partial charge in [-0.2, -0.15) is 5.10 Å². The summed E-state index contributed by atoms with van der Waals surface area (Å²) in [4.78, 5) is 11.6. The Morgan fingerprint density at radius 1 is 1.47 bits per heavy atom. The van der Waals surface area contributed by atoms with E-state index >= 15 is 0 Å². The van der Waals surface area contributed by atoms with E-state index in [1.165, 1.54) is 0 Å². The quantitative estimate of drug-likeness (QED) is 0.859. The van der Waals surface area contributed by atoms with Crippen molar-refractivity contribution in [2.75, 3.05) is 0 Å². The van der Waals surface area contributed by atoms with Gasteiger partial charge in [0.25, 0.3) is 0 Å². The minimum Gasteiger partial charge on any atom is -0.481 e. The molecule has 0 aliphatic heterocycles. The van der Waals surface area contributed by atoms with Gasteiger partial charge in [-0.15, -0.1) is 0 Å². The molecule has 17 heavy (non-hydrogen) atoms. The van der Waals surface area contributed by atoms with Crippen LogP contribution in [0.15, 0.2) is 30.6 Å². The van der Waals surface area contributed by atoms with Gasteiger partial charge in [-0.25, -0.2) is 4.52 Å². The molecule has 0 aromatic carbocycles. The molecule has 0 bridgehead atoms. The fraction of sp³-hybridized carbons (Fsp3) is 0.385. The summed E-state index contributed by atoms with van der Waals surface area (Å²) in [6.45, 7) is 3.99. The van der Waals surface area contributed by atoms with E-state index in [1.807, 2.05) is 38.2 Å². The molecule has 1 saturated carbocycles. The van der Waals surface area contributed by atoms with Gasteiger partial charge in [-0.1, -0.05) is 19.9 Å². The van der Waals surface area contributed by atoms with E-state index in [2.05, 4.69) is 5.10 Å². The molecule has 1 aliphatic carbocycles. The molecule has 1 atom stereocenters. The topological polar surface area (TPSA) is 54.6 Å². The van der Waals surface area contributed by atoms with E-state index in [9.17, 15) is 9.90 Å². The van der Waals surface area contributed by atoms with Gasteiger partial charge >= 0.3 is 5.97 Å². The molecular weight excluding hydrogens is 216 g/mol. The average molecular weight is 230 g/mol. The van der Waals surface area contributed by atoms with Crippen LogP contribution in [0.3, 0.4) is 0 Å². The van der Waals surface area contributed by atoms with Gasteiger partial charge < -0.3 is 5.11 Å². The van der Waals surface area contributed by atoms with Gasteiger partial charge in [0.05, 0.1) is 11.7 Å². The molecule has 1 unspecified atom stereocenters. The molecule has 4 heteroatoms. The van der Waals surface area contributed by atoms with Crippen LogP contribution in [0.1, 0.15) is 25.8 Å². The minimum absolute atomic E-state index is 0.196. The van der Waals surface area contributed by atoms with E-state index < -0.39 is 11.4 Å². The lowest BCUT2D eigenvalue weighted by Gasteiger charge is -2.14. The molecule has 1 N–H and O–H groups in total. The monoisotopic (exact) mass is 230 g/mol. The lowest BCUT2D eigenvalue weighted by Crippen LogP contribution is -2.25. The van der Waals surface area contributed by atoms with Gasteiger partial charge in [-0.3, -0.25) is 4.79 Å². The van der Waals surface area contributed by atoms with Crippen molar-refractivity contribution >= 4 is 11.5 Å². The fourth-order valence-electron chi connectivity index (χ4n) is 2.82. The Balaban J connectivity index is 2.25. The Bertz CT molecular complexity index is 615. The highest BCUT2D eigenvalue weighted by Gasteiger charge is 2.68. The number of pyridine rings is 1. The summed E-state index contributed by atoms with van der Waals surface area (Å²) in [5.41, 5.74) is 0.755. The largest absolute Gasteiger partial charge is 0.481 e. The zero-order chi connectivity index (χ0) is 12.3. The van der Waals surface area contributed by atoms with Crippen LogP contribution in [0.2, 0.25) is 0 Å². The summed E-state index contributed by atoms with van der Waals surface area (Å²) >= 11 is 0. The maximum absolute atomic E-state index is 11.6. The molecule has 0 amide bonds. The highest BCUT2D eigenvalue weighted by atomic mass is 16.4. The average Bonchev–Trinajstić information content (AvgIpc) is 2.70. The fourth-order valence-corrected chi connectivity index (χ4v) is 2.82. The van der Waals surface area contributed by atoms with E-state index in [4.69, 9.17) is 0 Å². The number of nitrogens with zero attached hydrogens (tertiary/aromatic N) is 2. The van der Waals surface area contributed by atoms with Crippen molar-refractivity contribution in [3.63, 3.8) is 0 Å². The van der Waals surface area contributed by atoms with Crippen molar-refractivity contribution in [3.8, 4) is 0 Å². The molecule has 1 aliphatic rings. The number of rotatable bonds is 2. The third kappa shape index (κ3) is 1.12. The van der Waals surface area contributed by atoms with Crippen LogP contribution >= 0.6 is 0 Å². The second kappa shape index (κ2) is 2.88. The van der Waals surface area contributed by atoms with Crippen LogP contribution in [0, 0.1) is 5.41 Å². The second-order valence-corrected chi connectivity index (χ2v) is 5.36. The Morgan fingerprint density at radius 3 is 2.76 bits per heavy atom. The molecule has 2 heterocycles. The van der Waals surface area contributed by atoms with E-state index in [0.717, 1.165) is 11.1 Å². The molecule has 4 nitrogen and oxygen atoms in total.